The zero-order valence-corrected chi connectivity index (χ0v) is 8.82. The first-order valence-electron chi connectivity index (χ1n) is 5.42. The van der Waals surface area contributed by atoms with Gasteiger partial charge in [0.2, 0.25) is 0 Å². The SMILES string of the molecule is C1=C(CCc2ccccc2)OCCCO1. The smallest absolute Gasteiger partial charge is 0.131 e. The van der Waals surface area contributed by atoms with Crippen LogP contribution >= 0.6 is 0 Å². The van der Waals surface area contributed by atoms with Gasteiger partial charge in [-0.05, 0) is 12.0 Å². The highest BCUT2D eigenvalue weighted by Gasteiger charge is 2.04. The molecule has 1 aromatic carbocycles. The maximum Gasteiger partial charge on any atom is 0.131 e. The van der Waals surface area contributed by atoms with Gasteiger partial charge < -0.3 is 9.47 Å². The first-order valence-corrected chi connectivity index (χ1v) is 5.42. The Morgan fingerprint density at radius 1 is 1.00 bits per heavy atom. The molecule has 1 aliphatic heterocycles. The lowest BCUT2D eigenvalue weighted by molar-refractivity contribution is 0.203. The van der Waals surface area contributed by atoms with Crippen LogP contribution < -0.4 is 0 Å². The number of hydrogen-bond acceptors (Lipinski definition) is 2. The standard InChI is InChI=1S/C13H16O2/c1-2-5-12(6-3-1)7-8-13-11-14-9-4-10-15-13/h1-3,5-6,11H,4,7-10H2. The summed E-state index contributed by atoms with van der Waals surface area (Å²) in [5.41, 5.74) is 1.34. The highest BCUT2D eigenvalue weighted by molar-refractivity contribution is 5.15. The lowest BCUT2D eigenvalue weighted by Crippen LogP contribution is -1.95. The molecule has 0 bridgehead atoms. The van der Waals surface area contributed by atoms with Gasteiger partial charge in [0.1, 0.15) is 12.0 Å². The van der Waals surface area contributed by atoms with E-state index in [-0.39, 0.29) is 0 Å². The van der Waals surface area contributed by atoms with Crippen LogP contribution in [0.2, 0.25) is 0 Å². The van der Waals surface area contributed by atoms with Crippen molar-refractivity contribution in [1.82, 2.24) is 0 Å². The summed E-state index contributed by atoms with van der Waals surface area (Å²) in [5.74, 6) is 0.969. The van der Waals surface area contributed by atoms with Crippen LogP contribution in [-0.4, -0.2) is 13.2 Å². The molecule has 0 unspecified atom stereocenters. The predicted octanol–water partition coefficient (Wildman–Crippen LogP) is 2.90. The Morgan fingerprint density at radius 2 is 1.87 bits per heavy atom. The van der Waals surface area contributed by atoms with Crippen molar-refractivity contribution in [3.63, 3.8) is 0 Å². The molecule has 0 saturated carbocycles. The minimum Gasteiger partial charge on any atom is -0.498 e. The predicted molar refractivity (Wildman–Crippen MR) is 59.4 cm³/mol. The average molecular weight is 204 g/mol. The van der Waals surface area contributed by atoms with Crippen molar-refractivity contribution in [2.75, 3.05) is 13.2 Å². The van der Waals surface area contributed by atoms with Crippen LogP contribution in [0.1, 0.15) is 18.4 Å². The summed E-state index contributed by atoms with van der Waals surface area (Å²) in [7, 11) is 0. The van der Waals surface area contributed by atoms with Crippen molar-refractivity contribution < 1.29 is 9.47 Å². The summed E-state index contributed by atoms with van der Waals surface area (Å²) < 4.78 is 10.9. The van der Waals surface area contributed by atoms with Crippen molar-refractivity contribution in [2.24, 2.45) is 0 Å². The van der Waals surface area contributed by atoms with E-state index in [0.717, 1.165) is 38.2 Å². The summed E-state index contributed by atoms with van der Waals surface area (Å²) in [6.07, 6.45) is 4.67. The molecular formula is C13H16O2. The Labute approximate surface area is 90.5 Å². The quantitative estimate of drug-likeness (QED) is 0.753. The zero-order chi connectivity index (χ0) is 10.3. The van der Waals surface area contributed by atoms with Gasteiger partial charge in [-0.1, -0.05) is 30.3 Å². The molecular weight excluding hydrogens is 188 g/mol. The van der Waals surface area contributed by atoms with E-state index in [9.17, 15) is 0 Å². The number of allylic oxidation sites excluding steroid dienone is 1. The summed E-state index contributed by atoms with van der Waals surface area (Å²) in [5, 5.41) is 0. The second-order valence-electron chi connectivity index (χ2n) is 3.64. The third kappa shape index (κ3) is 3.31. The Morgan fingerprint density at radius 3 is 2.73 bits per heavy atom. The number of aryl methyl sites for hydroxylation is 1. The maximum absolute atomic E-state index is 5.56. The fraction of sp³-hybridized carbons (Fsp3) is 0.385. The molecule has 0 atom stereocenters. The lowest BCUT2D eigenvalue weighted by Gasteiger charge is -2.06. The number of ether oxygens (including phenoxy) is 2. The Bertz CT molecular complexity index is 317. The largest absolute Gasteiger partial charge is 0.498 e. The first kappa shape index (κ1) is 10.1. The van der Waals surface area contributed by atoms with Crippen molar-refractivity contribution in [3.8, 4) is 0 Å². The molecule has 0 N–H and O–H groups in total. The van der Waals surface area contributed by atoms with Crippen molar-refractivity contribution in [1.29, 1.82) is 0 Å². The van der Waals surface area contributed by atoms with Gasteiger partial charge in [-0.25, -0.2) is 0 Å². The van der Waals surface area contributed by atoms with E-state index in [1.165, 1.54) is 5.56 Å². The molecule has 0 fully saturated rings. The van der Waals surface area contributed by atoms with Crippen molar-refractivity contribution in [2.45, 2.75) is 19.3 Å². The minimum atomic E-state index is 0.773. The van der Waals surface area contributed by atoms with Gasteiger partial charge in [0.15, 0.2) is 0 Å². The van der Waals surface area contributed by atoms with Gasteiger partial charge in [-0.2, -0.15) is 0 Å². The fourth-order valence-electron chi connectivity index (χ4n) is 1.57. The summed E-state index contributed by atoms with van der Waals surface area (Å²) in [6.45, 7) is 1.55. The maximum atomic E-state index is 5.56. The molecule has 1 aliphatic rings. The van der Waals surface area contributed by atoms with Gasteiger partial charge in [-0.15, -0.1) is 0 Å². The van der Waals surface area contributed by atoms with E-state index in [1.54, 1.807) is 6.26 Å². The third-order valence-electron chi connectivity index (χ3n) is 2.41. The van der Waals surface area contributed by atoms with E-state index in [1.807, 2.05) is 6.07 Å². The highest BCUT2D eigenvalue weighted by Crippen LogP contribution is 2.13. The normalized spacial score (nSPS) is 15.9. The van der Waals surface area contributed by atoms with E-state index < -0.39 is 0 Å². The molecule has 1 heterocycles. The molecule has 0 amide bonds. The average Bonchev–Trinajstić information content (AvgIpc) is 2.56. The van der Waals surface area contributed by atoms with Crippen LogP contribution in [0.3, 0.4) is 0 Å². The number of hydrogen-bond donors (Lipinski definition) is 0. The molecule has 15 heavy (non-hydrogen) atoms. The molecule has 1 aromatic rings. The Balaban J connectivity index is 1.84. The van der Waals surface area contributed by atoms with E-state index in [4.69, 9.17) is 9.47 Å². The van der Waals surface area contributed by atoms with Crippen LogP contribution in [-0.2, 0) is 15.9 Å². The molecule has 0 aliphatic carbocycles. The lowest BCUT2D eigenvalue weighted by atomic mass is 10.1. The highest BCUT2D eigenvalue weighted by atomic mass is 16.5. The van der Waals surface area contributed by atoms with Crippen molar-refractivity contribution >= 4 is 0 Å². The van der Waals surface area contributed by atoms with Gasteiger partial charge in [-0.3, -0.25) is 0 Å². The topological polar surface area (TPSA) is 18.5 Å². The van der Waals surface area contributed by atoms with Crippen LogP contribution in [0.5, 0.6) is 0 Å². The van der Waals surface area contributed by atoms with E-state index >= 15 is 0 Å². The minimum absolute atomic E-state index is 0.773. The summed E-state index contributed by atoms with van der Waals surface area (Å²) in [4.78, 5) is 0. The van der Waals surface area contributed by atoms with Gasteiger partial charge in [0.05, 0.1) is 13.2 Å². The molecule has 0 saturated heterocycles. The molecule has 80 valence electrons. The van der Waals surface area contributed by atoms with Gasteiger partial charge >= 0.3 is 0 Å². The zero-order valence-electron chi connectivity index (χ0n) is 8.82. The molecule has 0 aromatic heterocycles. The Kier molecular flexibility index (Phi) is 3.66. The van der Waals surface area contributed by atoms with Gasteiger partial charge in [0, 0.05) is 12.8 Å². The van der Waals surface area contributed by atoms with Crippen LogP contribution in [0.15, 0.2) is 42.4 Å². The molecule has 0 radical (unpaired) electrons. The van der Waals surface area contributed by atoms with Gasteiger partial charge in [0.25, 0.3) is 0 Å². The van der Waals surface area contributed by atoms with Crippen molar-refractivity contribution in [3.05, 3.63) is 47.9 Å². The molecule has 2 heteroatoms. The fourth-order valence-corrected chi connectivity index (χ4v) is 1.57. The number of rotatable bonds is 3. The molecule has 2 nitrogen and oxygen atoms in total. The first-order chi connectivity index (χ1) is 7.45. The third-order valence-corrected chi connectivity index (χ3v) is 2.41. The summed E-state index contributed by atoms with van der Waals surface area (Å²) >= 11 is 0. The second-order valence-corrected chi connectivity index (χ2v) is 3.64. The van der Waals surface area contributed by atoms with Crippen LogP contribution in [0, 0.1) is 0 Å². The van der Waals surface area contributed by atoms with Crippen LogP contribution in [0.25, 0.3) is 0 Å². The monoisotopic (exact) mass is 204 g/mol. The van der Waals surface area contributed by atoms with E-state index in [0.29, 0.717) is 0 Å². The number of benzene rings is 1. The second kappa shape index (κ2) is 5.44. The molecule has 2 rings (SSSR count). The summed E-state index contributed by atoms with van der Waals surface area (Å²) in [6, 6.07) is 10.4. The van der Waals surface area contributed by atoms with E-state index in [2.05, 4.69) is 24.3 Å². The molecule has 0 spiro atoms. The van der Waals surface area contributed by atoms with Crippen LogP contribution in [0.4, 0.5) is 0 Å². The Hall–Kier alpha value is -1.44.